The zero-order chi connectivity index (χ0) is 13.9. The van der Waals surface area contributed by atoms with Gasteiger partial charge in [0.15, 0.2) is 0 Å². The van der Waals surface area contributed by atoms with E-state index < -0.39 is 0 Å². The number of amides is 1. The van der Waals surface area contributed by atoms with Crippen LogP contribution in [0.15, 0.2) is 24.4 Å². The maximum Gasteiger partial charge on any atom is 0.252 e. The number of nitrogens with one attached hydrogen (secondary N) is 2. The Morgan fingerprint density at radius 3 is 3.05 bits per heavy atom. The lowest BCUT2D eigenvalue weighted by molar-refractivity contribution is -0.121. The second kappa shape index (κ2) is 5.76. The normalized spacial score (nSPS) is 29.1. The van der Waals surface area contributed by atoms with E-state index in [9.17, 15) is 9.90 Å². The van der Waals surface area contributed by atoms with E-state index in [0.717, 1.165) is 25.9 Å². The summed E-state index contributed by atoms with van der Waals surface area (Å²) >= 11 is 0. The van der Waals surface area contributed by atoms with Crippen molar-refractivity contribution in [3.63, 3.8) is 0 Å². The highest BCUT2D eigenvalue weighted by Crippen LogP contribution is 2.37. The predicted molar refractivity (Wildman–Crippen MR) is 74.7 cm³/mol. The van der Waals surface area contributed by atoms with Crippen LogP contribution in [-0.4, -0.2) is 46.6 Å². The molecular formula is C14H20N4O2. The number of hydrazine groups is 1. The molecule has 1 saturated carbocycles. The second-order valence-corrected chi connectivity index (χ2v) is 5.65. The number of hydrogen-bond donors (Lipinski definition) is 3. The molecule has 1 aromatic heterocycles. The molecule has 108 valence electrons. The van der Waals surface area contributed by atoms with E-state index in [4.69, 9.17) is 0 Å². The van der Waals surface area contributed by atoms with E-state index in [-0.39, 0.29) is 12.0 Å². The highest BCUT2D eigenvalue weighted by Gasteiger charge is 2.41. The molecule has 3 N–H and O–H groups in total. The van der Waals surface area contributed by atoms with Crippen molar-refractivity contribution in [2.75, 3.05) is 25.1 Å². The fourth-order valence-corrected chi connectivity index (χ4v) is 3.27. The maximum absolute atomic E-state index is 11.9. The summed E-state index contributed by atoms with van der Waals surface area (Å²) in [6, 6.07) is 5.46. The van der Waals surface area contributed by atoms with Gasteiger partial charge in [-0.2, -0.15) is 0 Å². The standard InChI is InChI=1S/C14H20N4O2/c19-12-5-4-10-7-18(8-11(10)12)9-14(20)17-16-13-3-1-2-6-15-13/h1-3,6,10-12,19H,4-5,7-9H2,(H,15,16)(H,17,20). The molecule has 3 atom stereocenters. The molecule has 6 nitrogen and oxygen atoms in total. The SMILES string of the molecule is O=C(CN1CC2CCC(O)C2C1)NNc1ccccn1. The molecule has 0 radical (unpaired) electrons. The first kappa shape index (κ1) is 13.3. The summed E-state index contributed by atoms with van der Waals surface area (Å²) in [4.78, 5) is 18.1. The summed E-state index contributed by atoms with van der Waals surface area (Å²) in [7, 11) is 0. The summed E-state index contributed by atoms with van der Waals surface area (Å²) in [5, 5.41) is 9.86. The smallest absolute Gasteiger partial charge is 0.252 e. The first-order valence-electron chi connectivity index (χ1n) is 7.08. The van der Waals surface area contributed by atoms with Crippen molar-refractivity contribution >= 4 is 11.7 Å². The molecule has 6 heteroatoms. The number of pyridine rings is 1. The van der Waals surface area contributed by atoms with Crippen LogP contribution in [-0.2, 0) is 4.79 Å². The number of fused-ring (bicyclic) bond motifs is 1. The van der Waals surface area contributed by atoms with Crippen molar-refractivity contribution < 1.29 is 9.90 Å². The van der Waals surface area contributed by atoms with Gasteiger partial charge in [0.2, 0.25) is 0 Å². The van der Waals surface area contributed by atoms with Crippen LogP contribution in [0.3, 0.4) is 0 Å². The van der Waals surface area contributed by atoms with Crippen LogP contribution in [0.1, 0.15) is 12.8 Å². The quantitative estimate of drug-likeness (QED) is 0.686. The van der Waals surface area contributed by atoms with Gasteiger partial charge >= 0.3 is 0 Å². The number of aromatic nitrogens is 1. The lowest BCUT2D eigenvalue weighted by Gasteiger charge is -2.17. The van der Waals surface area contributed by atoms with E-state index in [1.54, 1.807) is 12.3 Å². The van der Waals surface area contributed by atoms with Crippen molar-refractivity contribution in [3.8, 4) is 0 Å². The summed E-state index contributed by atoms with van der Waals surface area (Å²) in [5.41, 5.74) is 5.44. The van der Waals surface area contributed by atoms with Gasteiger partial charge in [-0.3, -0.25) is 20.5 Å². The fraction of sp³-hybridized carbons (Fsp3) is 0.571. The van der Waals surface area contributed by atoms with Crippen molar-refractivity contribution in [1.29, 1.82) is 0 Å². The van der Waals surface area contributed by atoms with Crippen LogP contribution in [0, 0.1) is 11.8 Å². The third-order valence-corrected chi connectivity index (χ3v) is 4.26. The molecule has 3 rings (SSSR count). The van der Waals surface area contributed by atoms with Crippen molar-refractivity contribution in [2.45, 2.75) is 18.9 Å². The number of likely N-dealkylation sites (tertiary alicyclic amines) is 1. The highest BCUT2D eigenvalue weighted by atomic mass is 16.3. The van der Waals surface area contributed by atoms with Crippen LogP contribution < -0.4 is 10.9 Å². The third kappa shape index (κ3) is 2.91. The molecule has 0 aromatic carbocycles. The minimum Gasteiger partial charge on any atom is -0.393 e. The van der Waals surface area contributed by atoms with E-state index in [1.165, 1.54) is 0 Å². The van der Waals surface area contributed by atoms with Crippen molar-refractivity contribution in [1.82, 2.24) is 15.3 Å². The van der Waals surface area contributed by atoms with Crippen LogP contribution >= 0.6 is 0 Å². The molecule has 2 aliphatic rings. The van der Waals surface area contributed by atoms with Gasteiger partial charge in [0, 0.05) is 25.2 Å². The fourth-order valence-electron chi connectivity index (χ4n) is 3.27. The van der Waals surface area contributed by atoms with Gasteiger partial charge in [-0.05, 0) is 30.9 Å². The van der Waals surface area contributed by atoms with Crippen LogP contribution in [0.5, 0.6) is 0 Å². The Labute approximate surface area is 118 Å². The Hall–Kier alpha value is -1.66. The summed E-state index contributed by atoms with van der Waals surface area (Å²) in [6.45, 7) is 2.10. The lowest BCUT2D eigenvalue weighted by Crippen LogP contribution is -2.39. The highest BCUT2D eigenvalue weighted by molar-refractivity contribution is 5.79. The van der Waals surface area contributed by atoms with Gasteiger partial charge in [0.05, 0.1) is 12.6 Å². The van der Waals surface area contributed by atoms with E-state index in [0.29, 0.717) is 24.2 Å². The van der Waals surface area contributed by atoms with Crippen LogP contribution in [0.4, 0.5) is 5.82 Å². The number of rotatable bonds is 4. The predicted octanol–water partition coefficient (Wildman–Crippen LogP) is 0.227. The van der Waals surface area contributed by atoms with Crippen molar-refractivity contribution in [2.24, 2.45) is 11.8 Å². The molecule has 0 bridgehead atoms. The van der Waals surface area contributed by atoms with Crippen molar-refractivity contribution in [3.05, 3.63) is 24.4 Å². The molecule has 1 amide bonds. The topological polar surface area (TPSA) is 77.5 Å². The Morgan fingerprint density at radius 1 is 1.40 bits per heavy atom. The van der Waals surface area contributed by atoms with E-state index in [1.807, 2.05) is 12.1 Å². The number of anilines is 1. The van der Waals surface area contributed by atoms with Crippen LogP contribution in [0.25, 0.3) is 0 Å². The van der Waals surface area contributed by atoms with Gasteiger partial charge in [0.25, 0.3) is 5.91 Å². The molecule has 20 heavy (non-hydrogen) atoms. The number of carbonyl (C=O) groups excluding carboxylic acids is 1. The number of nitrogens with zero attached hydrogens (tertiary/aromatic N) is 2. The molecule has 2 heterocycles. The lowest BCUT2D eigenvalue weighted by atomic mass is 10.00. The van der Waals surface area contributed by atoms with Gasteiger partial charge in [-0.1, -0.05) is 6.07 Å². The van der Waals surface area contributed by atoms with Crippen LogP contribution in [0.2, 0.25) is 0 Å². The largest absolute Gasteiger partial charge is 0.393 e. The minimum atomic E-state index is -0.181. The van der Waals surface area contributed by atoms with E-state index >= 15 is 0 Å². The number of carbonyl (C=O) groups is 1. The molecule has 1 aromatic rings. The molecule has 1 aliphatic carbocycles. The minimum absolute atomic E-state index is 0.0786. The summed E-state index contributed by atoms with van der Waals surface area (Å²) in [5.74, 6) is 1.45. The monoisotopic (exact) mass is 276 g/mol. The van der Waals surface area contributed by atoms with Gasteiger partial charge in [-0.15, -0.1) is 0 Å². The first-order valence-corrected chi connectivity index (χ1v) is 7.08. The van der Waals surface area contributed by atoms with Gasteiger partial charge < -0.3 is 5.11 Å². The molecular weight excluding hydrogens is 256 g/mol. The van der Waals surface area contributed by atoms with Gasteiger partial charge in [-0.25, -0.2) is 4.98 Å². The second-order valence-electron chi connectivity index (χ2n) is 5.65. The molecule has 1 saturated heterocycles. The Morgan fingerprint density at radius 2 is 2.30 bits per heavy atom. The van der Waals surface area contributed by atoms with Gasteiger partial charge in [0.1, 0.15) is 5.82 Å². The summed E-state index contributed by atoms with van der Waals surface area (Å²) < 4.78 is 0. The first-order chi connectivity index (χ1) is 9.72. The molecule has 0 spiro atoms. The number of aliphatic hydroxyl groups is 1. The summed E-state index contributed by atoms with van der Waals surface area (Å²) in [6.07, 6.45) is 3.48. The number of hydrogen-bond acceptors (Lipinski definition) is 5. The maximum atomic E-state index is 11.9. The third-order valence-electron chi connectivity index (χ3n) is 4.26. The zero-order valence-electron chi connectivity index (χ0n) is 11.3. The number of aliphatic hydroxyl groups excluding tert-OH is 1. The van der Waals surface area contributed by atoms with E-state index in [2.05, 4.69) is 20.7 Å². The Balaban J connectivity index is 1.44. The Kier molecular flexibility index (Phi) is 3.84. The zero-order valence-corrected chi connectivity index (χ0v) is 11.3. The average molecular weight is 276 g/mol. The molecule has 2 fully saturated rings. The molecule has 1 aliphatic heterocycles. The average Bonchev–Trinajstić information content (AvgIpc) is 3.00. The molecule has 3 unspecified atom stereocenters. The Bertz CT molecular complexity index is 468.